The van der Waals surface area contributed by atoms with Gasteiger partial charge in [0, 0.05) is 0 Å². The first kappa shape index (κ1) is 14.4. The molecule has 2 rings (SSSR count). The van der Waals surface area contributed by atoms with Crippen LogP contribution in [0.1, 0.15) is 18.4 Å². The molecule has 8 heteroatoms. The molecule has 1 aliphatic rings. The van der Waals surface area contributed by atoms with Crippen LogP contribution in [0.25, 0.3) is 0 Å². The van der Waals surface area contributed by atoms with Crippen molar-refractivity contribution in [1.29, 1.82) is 0 Å². The second-order valence-corrected chi connectivity index (χ2v) is 6.55. The van der Waals surface area contributed by atoms with E-state index in [0.717, 1.165) is 11.8 Å². The molecule has 0 unspecified atom stereocenters. The van der Waals surface area contributed by atoms with E-state index in [4.69, 9.17) is 9.84 Å². The third-order valence-corrected chi connectivity index (χ3v) is 3.74. The Kier molecular flexibility index (Phi) is 3.51. The highest BCUT2D eigenvalue weighted by molar-refractivity contribution is 7.92. The van der Waals surface area contributed by atoms with Gasteiger partial charge in [0.15, 0.2) is 0 Å². The first-order valence-electron chi connectivity index (χ1n) is 5.93. The van der Waals surface area contributed by atoms with Gasteiger partial charge < -0.3 is 15.2 Å². The summed E-state index contributed by atoms with van der Waals surface area (Å²) < 4.78 is 30.0. The second kappa shape index (κ2) is 4.86. The summed E-state index contributed by atoms with van der Waals surface area (Å²) in [5.74, 6) is 0.353. The number of methoxy groups -OCH3 is 1. The molecule has 1 fully saturated rings. The summed E-state index contributed by atoms with van der Waals surface area (Å²) >= 11 is 0. The Morgan fingerprint density at radius 1 is 1.40 bits per heavy atom. The molecular formula is C12H16N2O5S. The van der Waals surface area contributed by atoms with Crippen LogP contribution < -0.4 is 14.8 Å². The predicted molar refractivity (Wildman–Crippen MR) is 73.5 cm³/mol. The zero-order chi connectivity index (χ0) is 15.0. The minimum Gasteiger partial charge on any atom is -0.495 e. The van der Waals surface area contributed by atoms with Crippen LogP contribution in [0.15, 0.2) is 18.2 Å². The summed E-state index contributed by atoms with van der Waals surface area (Å²) in [7, 11) is -1.97. The van der Waals surface area contributed by atoms with Crippen molar-refractivity contribution in [3.63, 3.8) is 0 Å². The highest BCUT2D eigenvalue weighted by Crippen LogP contribution is 2.47. The largest absolute Gasteiger partial charge is 0.495 e. The number of hydrogen-bond donors (Lipinski definition) is 3. The van der Waals surface area contributed by atoms with E-state index in [0.29, 0.717) is 24.3 Å². The summed E-state index contributed by atoms with van der Waals surface area (Å²) in [6, 6.07) is 4.91. The molecule has 1 amide bonds. The fourth-order valence-corrected chi connectivity index (χ4v) is 2.66. The van der Waals surface area contributed by atoms with Crippen molar-refractivity contribution in [3.8, 4) is 5.75 Å². The maximum Gasteiger partial charge on any atom is 0.405 e. The molecule has 0 aliphatic heterocycles. The Bertz CT molecular complexity index is 637. The topological polar surface area (TPSA) is 105 Å². The molecular weight excluding hydrogens is 284 g/mol. The van der Waals surface area contributed by atoms with E-state index in [2.05, 4.69) is 10.0 Å². The van der Waals surface area contributed by atoms with Crippen LogP contribution >= 0.6 is 0 Å². The van der Waals surface area contributed by atoms with Crippen molar-refractivity contribution >= 4 is 21.8 Å². The maximum absolute atomic E-state index is 11.3. The van der Waals surface area contributed by atoms with Crippen LogP contribution in [0.2, 0.25) is 0 Å². The van der Waals surface area contributed by atoms with Gasteiger partial charge in [0.1, 0.15) is 5.75 Å². The molecule has 0 saturated heterocycles. The van der Waals surface area contributed by atoms with E-state index in [-0.39, 0.29) is 0 Å². The third kappa shape index (κ3) is 3.13. The molecule has 3 N–H and O–H groups in total. The number of nitrogens with one attached hydrogen (secondary N) is 2. The van der Waals surface area contributed by atoms with Gasteiger partial charge >= 0.3 is 6.09 Å². The SMILES string of the molecule is COc1cc(C2(NC(=O)O)CC2)ccc1NS(C)(=O)=O. The van der Waals surface area contributed by atoms with Crippen LogP contribution in [0, 0.1) is 0 Å². The van der Waals surface area contributed by atoms with E-state index in [1.165, 1.54) is 7.11 Å². The molecule has 1 aliphatic carbocycles. The molecule has 0 spiro atoms. The number of anilines is 1. The van der Waals surface area contributed by atoms with Gasteiger partial charge in [-0.05, 0) is 30.5 Å². The van der Waals surface area contributed by atoms with E-state index in [1.54, 1.807) is 18.2 Å². The Labute approximate surface area is 117 Å². The number of sulfonamides is 1. The van der Waals surface area contributed by atoms with Crippen LogP contribution in [-0.4, -0.2) is 33.0 Å². The molecule has 0 bridgehead atoms. The normalized spacial score (nSPS) is 16.3. The summed E-state index contributed by atoms with van der Waals surface area (Å²) in [6.45, 7) is 0. The van der Waals surface area contributed by atoms with Crippen molar-refractivity contribution in [1.82, 2.24) is 5.32 Å². The van der Waals surface area contributed by atoms with Gasteiger partial charge in [0.25, 0.3) is 0 Å². The highest BCUT2D eigenvalue weighted by atomic mass is 32.2. The van der Waals surface area contributed by atoms with E-state index >= 15 is 0 Å². The average molecular weight is 300 g/mol. The molecule has 0 atom stereocenters. The number of carboxylic acid groups (broad SMARTS) is 1. The molecule has 7 nitrogen and oxygen atoms in total. The lowest BCUT2D eigenvalue weighted by atomic mass is 10.0. The van der Waals surface area contributed by atoms with Crippen molar-refractivity contribution in [2.45, 2.75) is 18.4 Å². The van der Waals surface area contributed by atoms with Gasteiger partial charge in [-0.3, -0.25) is 4.72 Å². The zero-order valence-corrected chi connectivity index (χ0v) is 12.0. The number of rotatable bonds is 5. The molecule has 0 aromatic heterocycles. The average Bonchev–Trinajstić information content (AvgIpc) is 3.07. The van der Waals surface area contributed by atoms with Crippen molar-refractivity contribution in [2.75, 3.05) is 18.1 Å². The first-order valence-corrected chi connectivity index (χ1v) is 7.82. The number of amides is 1. The van der Waals surface area contributed by atoms with E-state index < -0.39 is 21.7 Å². The van der Waals surface area contributed by atoms with E-state index in [1.807, 2.05) is 0 Å². The first-order chi connectivity index (χ1) is 9.26. The molecule has 1 aromatic rings. The fraction of sp³-hybridized carbons (Fsp3) is 0.417. The predicted octanol–water partition coefficient (Wildman–Crippen LogP) is 1.32. The monoisotopic (exact) mass is 300 g/mol. The van der Waals surface area contributed by atoms with Crippen molar-refractivity contribution in [2.24, 2.45) is 0 Å². The van der Waals surface area contributed by atoms with Gasteiger partial charge in [-0.1, -0.05) is 6.07 Å². The quantitative estimate of drug-likeness (QED) is 0.760. The van der Waals surface area contributed by atoms with Gasteiger partial charge in [-0.2, -0.15) is 0 Å². The standard InChI is InChI=1S/C12H16N2O5S/c1-19-10-7-8(12(5-6-12)13-11(15)16)3-4-9(10)14-20(2,17)18/h3-4,7,13-14H,5-6H2,1-2H3,(H,15,16). The van der Waals surface area contributed by atoms with E-state index in [9.17, 15) is 13.2 Å². The van der Waals surface area contributed by atoms with Gasteiger partial charge in [0.05, 0.1) is 24.6 Å². The molecule has 110 valence electrons. The lowest BCUT2D eigenvalue weighted by Gasteiger charge is -2.18. The minimum absolute atomic E-state index is 0.324. The van der Waals surface area contributed by atoms with Crippen LogP contribution in [0.5, 0.6) is 5.75 Å². The Morgan fingerprint density at radius 2 is 2.05 bits per heavy atom. The molecule has 0 heterocycles. The molecule has 0 radical (unpaired) electrons. The van der Waals surface area contributed by atoms with Crippen molar-refractivity contribution in [3.05, 3.63) is 23.8 Å². The second-order valence-electron chi connectivity index (χ2n) is 4.80. The summed E-state index contributed by atoms with van der Waals surface area (Å²) in [5.41, 5.74) is 0.503. The highest BCUT2D eigenvalue weighted by Gasteiger charge is 2.46. The summed E-state index contributed by atoms with van der Waals surface area (Å²) in [6.07, 6.45) is 1.39. The number of ether oxygens (including phenoxy) is 1. The van der Waals surface area contributed by atoms with Gasteiger partial charge in [-0.15, -0.1) is 0 Å². The summed E-state index contributed by atoms with van der Waals surface area (Å²) in [5, 5.41) is 11.3. The third-order valence-electron chi connectivity index (χ3n) is 3.15. The summed E-state index contributed by atoms with van der Waals surface area (Å²) in [4.78, 5) is 10.8. The van der Waals surface area contributed by atoms with Crippen LogP contribution in [0.3, 0.4) is 0 Å². The minimum atomic E-state index is -3.40. The van der Waals surface area contributed by atoms with Gasteiger partial charge in [0.2, 0.25) is 10.0 Å². The number of hydrogen-bond acceptors (Lipinski definition) is 4. The van der Waals surface area contributed by atoms with Crippen molar-refractivity contribution < 1.29 is 23.1 Å². The zero-order valence-electron chi connectivity index (χ0n) is 11.1. The van der Waals surface area contributed by atoms with Crippen LogP contribution in [0.4, 0.5) is 10.5 Å². The molecule has 1 saturated carbocycles. The maximum atomic E-state index is 11.3. The lowest BCUT2D eigenvalue weighted by molar-refractivity contribution is 0.188. The Hall–Kier alpha value is -1.96. The molecule has 20 heavy (non-hydrogen) atoms. The van der Waals surface area contributed by atoms with Crippen LogP contribution in [-0.2, 0) is 15.6 Å². The number of carbonyl (C=O) groups is 1. The molecule has 1 aromatic carbocycles. The smallest absolute Gasteiger partial charge is 0.405 e. The van der Waals surface area contributed by atoms with Gasteiger partial charge in [-0.25, -0.2) is 13.2 Å². The Morgan fingerprint density at radius 3 is 2.50 bits per heavy atom. The fourth-order valence-electron chi connectivity index (χ4n) is 2.09. The lowest BCUT2D eigenvalue weighted by Crippen LogP contribution is -2.33. The Balaban J connectivity index is 2.33. The number of benzene rings is 1.